The van der Waals surface area contributed by atoms with Crippen molar-refractivity contribution in [2.45, 2.75) is 18.9 Å². The molecule has 2 aromatic heterocycles. The highest BCUT2D eigenvalue weighted by Crippen LogP contribution is 2.34. The van der Waals surface area contributed by atoms with E-state index in [1.54, 1.807) is 24.3 Å². The largest absolute Gasteiger partial charge is 0.368 e. The number of anilines is 1. The number of aromatic nitrogens is 2. The van der Waals surface area contributed by atoms with Crippen molar-refractivity contribution in [1.29, 1.82) is 5.26 Å². The molecule has 2 fully saturated rings. The molecular weight excluding hydrogens is 455 g/mol. The van der Waals surface area contributed by atoms with E-state index in [-0.39, 0.29) is 16.5 Å². The first-order valence-corrected chi connectivity index (χ1v) is 11.5. The predicted octanol–water partition coefficient (Wildman–Crippen LogP) is 3.56. The zero-order valence-electron chi connectivity index (χ0n) is 17.9. The first-order valence-electron chi connectivity index (χ1n) is 10.7. The summed E-state index contributed by atoms with van der Waals surface area (Å²) in [6, 6.07) is 10.4. The summed E-state index contributed by atoms with van der Waals surface area (Å²) in [5.41, 5.74) is 9.06. The van der Waals surface area contributed by atoms with Gasteiger partial charge in [-0.1, -0.05) is 6.07 Å². The Labute approximate surface area is 198 Å². The van der Waals surface area contributed by atoms with Crippen LogP contribution in [0.25, 0.3) is 28.2 Å². The Balaban J connectivity index is 1.60. The van der Waals surface area contributed by atoms with Crippen molar-refractivity contribution >= 4 is 45.7 Å². The first-order chi connectivity index (χ1) is 16.4. The summed E-state index contributed by atoms with van der Waals surface area (Å²) in [5.74, 6) is -0.896. The standard InChI is InChI=1S/C24H19FN6O2S/c25-17-8-13(3-6-19(17)31-7-1-2-15(27)12-31)21-14(10-26)11-28-18-5-4-16(29-22(18)21)9-20-23(32)30-24(33)34-20/h3-6,8-9,11,15H,1-2,7,12,27H2,(H,30,32,33)/t15-/m1/s1. The summed E-state index contributed by atoms with van der Waals surface area (Å²) in [6.07, 6.45) is 4.76. The highest BCUT2D eigenvalue weighted by Gasteiger charge is 2.25. The molecule has 0 aliphatic carbocycles. The van der Waals surface area contributed by atoms with Crippen LogP contribution in [-0.2, 0) is 4.79 Å². The molecule has 1 aromatic carbocycles. The Morgan fingerprint density at radius 1 is 1.29 bits per heavy atom. The molecule has 34 heavy (non-hydrogen) atoms. The molecule has 3 aromatic rings. The highest BCUT2D eigenvalue weighted by atomic mass is 32.2. The zero-order chi connectivity index (χ0) is 23.8. The number of nitrogens with one attached hydrogen (secondary N) is 1. The zero-order valence-corrected chi connectivity index (χ0v) is 18.7. The minimum absolute atomic E-state index is 0.00862. The first kappa shape index (κ1) is 22.0. The van der Waals surface area contributed by atoms with Crippen molar-refractivity contribution < 1.29 is 14.0 Å². The van der Waals surface area contributed by atoms with Crippen LogP contribution in [0, 0.1) is 17.1 Å². The van der Waals surface area contributed by atoms with Crippen molar-refractivity contribution in [2.75, 3.05) is 18.0 Å². The number of rotatable bonds is 3. The molecule has 5 rings (SSSR count). The van der Waals surface area contributed by atoms with Crippen molar-refractivity contribution in [3.8, 4) is 17.2 Å². The molecule has 10 heteroatoms. The number of carbonyl (C=O) groups excluding carboxylic acids is 2. The van der Waals surface area contributed by atoms with Crippen LogP contribution in [0.5, 0.6) is 0 Å². The van der Waals surface area contributed by atoms with Gasteiger partial charge in [0.2, 0.25) is 0 Å². The maximum atomic E-state index is 15.2. The molecule has 2 saturated heterocycles. The lowest BCUT2D eigenvalue weighted by Crippen LogP contribution is -2.43. The van der Waals surface area contributed by atoms with Crippen LogP contribution < -0.4 is 16.0 Å². The fourth-order valence-corrected chi connectivity index (χ4v) is 4.91. The number of fused-ring (bicyclic) bond motifs is 1. The van der Waals surface area contributed by atoms with Crippen LogP contribution in [0.3, 0.4) is 0 Å². The Morgan fingerprint density at radius 3 is 2.85 bits per heavy atom. The van der Waals surface area contributed by atoms with Crippen molar-refractivity contribution in [3.63, 3.8) is 0 Å². The van der Waals surface area contributed by atoms with Crippen LogP contribution in [0.1, 0.15) is 24.1 Å². The number of pyridine rings is 2. The highest BCUT2D eigenvalue weighted by molar-refractivity contribution is 8.18. The van der Waals surface area contributed by atoms with E-state index >= 15 is 4.39 Å². The lowest BCUT2D eigenvalue weighted by molar-refractivity contribution is -0.115. The molecule has 0 spiro atoms. The second-order valence-corrected chi connectivity index (χ2v) is 9.14. The normalized spacial score (nSPS) is 19.5. The van der Waals surface area contributed by atoms with E-state index in [1.165, 1.54) is 18.3 Å². The number of amides is 2. The molecule has 2 aliphatic rings. The van der Waals surface area contributed by atoms with E-state index in [0.717, 1.165) is 31.1 Å². The molecule has 1 atom stereocenters. The maximum absolute atomic E-state index is 15.2. The predicted molar refractivity (Wildman–Crippen MR) is 128 cm³/mol. The molecule has 0 unspecified atom stereocenters. The third kappa shape index (κ3) is 4.11. The van der Waals surface area contributed by atoms with Gasteiger partial charge in [0, 0.05) is 30.9 Å². The van der Waals surface area contributed by atoms with Crippen molar-refractivity contribution in [2.24, 2.45) is 5.73 Å². The lowest BCUT2D eigenvalue weighted by Gasteiger charge is -2.32. The SMILES string of the molecule is N#Cc1cnc2ccc(C=C3SC(=O)NC3=O)nc2c1-c1ccc(N2CCC[C@@H](N)C2)c(F)c1. The maximum Gasteiger partial charge on any atom is 0.290 e. The van der Waals surface area contributed by atoms with Gasteiger partial charge in [-0.3, -0.25) is 19.9 Å². The van der Waals surface area contributed by atoms with Crippen molar-refractivity contribution in [1.82, 2.24) is 15.3 Å². The van der Waals surface area contributed by atoms with Gasteiger partial charge in [-0.05, 0) is 60.5 Å². The average molecular weight is 475 g/mol. The summed E-state index contributed by atoms with van der Waals surface area (Å²) in [6.45, 7) is 1.32. The molecule has 4 heterocycles. The Morgan fingerprint density at radius 2 is 2.15 bits per heavy atom. The number of piperidine rings is 1. The number of halogens is 1. The minimum atomic E-state index is -0.490. The monoisotopic (exact) mass is 474 g/mol. The summed E-state index contributed by atoms with van der Waals surface area (Å²) in [7, 11) is 0. The number of hydrogen-bond donors (Lipinski definition) is 2. The molecular formula is C24H19FN6O2S. The molecule has 0 bridgehead atoms. The number of imide groups is 1. The Kier molecular flexibility index (Phi) is 5.73. The van der Waals surface area contributed by atoms with E-state index < -0.39 is 17.0 Å². The molecule has 2 aliphatic heterocycles. The number of nitriles is 1. The summed E-state index contributed by atoms with van der Waals surface area (Å²) in [5, 5.41) is 11.5. The van der Waals surface area contributed by atoms with Gasteiger partial charge in [0.05, 0.1) is 32.9 Å². The van der Waals surface area contributed by atoms with Gasteiger partial charge in [0.15, 0.2) is 0 Å². The van der Waals surface area contributed by atoms with Crippen LogP contribution in [0.4, 0.5) is 14.9 Å². The number of benzene rings is 1. The molecule has 8 nitrogen and oxygen atoms in total. The second-order valence-electron chi connectivity index (χ2n) is 8.13. The average Bonchev–Trinajstić information content (AvgIpc) is 3.14. The van der Waals surface area contributed by atoms with Crippen LogP contribution in [0.2, 0.25) is 0 Å². The number of nitrogens with zero attached hydrogens (tertiary/aromatic N) is 4. The second kappa shape index (κ2) is 8.85. The molecule has 2 amide bonds. The van der Waals surface area contributed by atoms with E-state index in [0.29, 0.717) is 40.1 Å². The van der Waals surface area contributed by atoms with Gasteiger partial charge < -0.3 is 10.6 Å². The van der Waals surface area contributed by atoms with Gasteiger partial charge in [-0.2, -0.15) is 5.26 Å². The number of nitrogens with two attached hydrogens (primary N) is 1. The lowest BCUT2D eigenvalue weighted by atomic mass is 9.98. The van der Waals surface area contributed by atoms with Gasteiger partial charge in [0.1, 0.15) is 11.9 Å². The summed E-state index contributed by atoms with van der Waals surface area (Å²) in [4.78, 5) is 34.4. The van der Waals surface area contributed by atoms with E-state index in [2.05, 4.69) is 21.4 Å². The number of carbonyl (C=O) groups is 2. The number of thioether (sulfide) groups is 1. The molecule has 0 radical (unpaired) electrons. The van der Waals surface area contributed by atoms with Gasteiger partial charge in [-0.15, -0.1) is 0 Å². The van der Waals surface area contributed by atoms with Gasteiger partial charge in [0.25, 0.3) is 11.1 Å². The minimum Gasteiger partial charge on any atom is -0.368 e. The quantitative estimate of drug-likeness (QED) is 0.552. The van der Waals surface area contributed by atoms with Gasteiger partial charge >= 0.3 is 0 Å². The van der Waals surface area contributed by atoms with Crippen LogP contribution >= 0.6 is 11.8 Å². The summed E-state index contributed by atoms with van der Waals surface area (Å²) < 4.78 is 15.2. The smallest absolute Gasteiger partial charge is 0.290 e. The van der Waals surface area contributed by atoms with E-state index in [4.69, 9.17) is 5.73 Å². The molecule has 0 saturated carbocycles. The molecule has 170 valence electrons. The van der Waals surface area contributed by atoms with Gasteiger partial charge in [-0.25, -0.2) is 9.37 Å². The molecule has 3 N–H and O–H groups in total. The number of hydrogen-bond acceptors (Lipinski definition) is 8. The Bertz CT molecular complexity index is 1420. The van der Waals surface area contributed by atoms with E-state index in [9.17, 15) is 14.9 Å². The fraction of sp³-hybridized carbons (Fsp3) is 0.208. The fourth-order valence-electron chi connectivity index (χ4n) is 4.24. The third-order valence-electron chi connectivity index (χ3n) is 5.81. The topological polar surface area (TPSA) is 125 Å². The van der Waals surface area contributed by atoms with Crippen LogP contribution in [0.15, 0.2) is 41.4 Å². The van der Waals surface area contributed by atoms with E-state index in [1.807, 2.05) is 4.90 Å². The summed E-state index contributed by atoms with van der Waals surface area (Å²) >= 11 is 0.790. The van der Waals surface area contributed by atoms with Crippen molar-refractivity contribution in [3.05, 3.63) is 58.5 Å². The Hall–Kier alpha value is -3.81. The van der Waals surface area contributed by atoms with Crippen LogP contribution in [-0.4, -0.2) is 40.2 Å². The third-order valence-corrected chi connectivity index (χ3v) is 6.62.